The molecule has 5 nitrogen and oxygen atoms in total. The lowest BCUT2D eigenvalue weighted by Gasteiger charge is -2.14. The third-order valence-corrected chi connectivity index (χ3v) is 5.10. The minimum atomic E-state index is -0.341. The average molecular weight is 402 g/mol. The van der Waals surface area contributed by atoms with Crippen molar-refractivity contribution in [3.63, 3.8) is 0 Å². The number of hydrogen-bond donors (Lipinski definition) is 1. The quantitative estimate of drug-likeness (QED) is 0.659. The van der Waals surface area contributed by atoms with Gasteiger partial charge in [-0.05, 0) is 53.9 Å². The number of aryl methyl sites for hydroxylation is 1. The number of nitrogens with zero attached hydrogens (tertiary/aromatic N) is 1. The van der Waals surface area contributed by atoms with Gasteiger partial charge in [-0.25, -0.2) is 4.39 Å². The second-order valence-electron chi connectivity index (χ2n) is 7.21. The van der Waals surface area contributed by atoms with E-state index in [9.17, 15) is 18.8 Å². The van der Waals surface area contributed by atoms with Gasteiger partial charge in [0.25, 0.3) is 17.7 Å². The summed E-state index contributed by atoms with van der Waals surface area (Å²) < 4.78 is 13.7. The summed E-state index contributed by atoms with van der Waals surface area (Å²) in [6, 6.07) is 18.3. The first kappa shape index (κ1) is 19.5. The van der Waals surface area contributed by atoms with Gasteiger partial charge in [-0.1, -0.05) is 36.4 Å². The molecule has 1 aliphatic rings. The van der Waals surface area contributed by atoms with Crippen molar-refractivity contribution in [3.8, 4) is 0 Å². The van der Waals surface area contributed by atoms with Crippen molar-refractivity contribution in [1.82, 2.24) is 10.2 Å². The number of nitrogens with one attached hydrogen (secondary N) is 1. The summed E-state index contributed by atoms with van der Waals surface area (Å²) in [4.78, 5) is 38.8. The van der Waals surface area contributed by atoms with Crippen LogP contribution in [0.5, 0.6) is 0 Å². The molecule has 1 heterocycles. The molecule has 1 N–H and O–H groups in total. The molecule has 0 bridgehead atoms. The van der Waals surface area contributed by atoms with E-state index in [0.29, 0.717) is 33.4 Å². The van der Waals surface area contributed by atoms with Gasteiger partial charge in [-0.15, -0.1) is 0 Å². The van der Waals surface area contributed by atoms with Gasteiger partial charge in [-0.3, -0.25) is 19.3 Å². The third kappa shape index (κ3) is 3.72. The molecule has 0 unspecified atom stereocenters. The van der Waals surface area contributed by atoms with Crippen LogP contribution < -0.4 is 5.32 Å². The SMILES string of the molecule is Cc1ccc(CNC(=O)c2cccc(CN3C(=O)c4ccccc4C3=O)c2)cc1F. The monoisotopic (exact) mass is 402 g/mol. The number of imide groups is 1. The highest BCUT2D eigenvalue weighted by Gasteiger charge is 2.34. The van der Waals surface area contributed by atoms with E-state index in [1.54, 1.807) is 67.6 Å². The lowest BCUT2D eigenvalue weighted by molar-refractivity contribution is 0.0642. The lowest BCUT2D eigenvalue weighted by Crippen LogP contribution is -2.29. The van der Waals surface area contributed by atoms with Crippen LogP contribution in [-0.4, -0.2) is 22.6 Å². The van der Waals surface area contributed by atoms with Gasteiger partial charge in [0.1, 0.15) is 5.82 Å². The Morgan fingerprint density at radius 3 is 2.27 bits per heavy atom. The van der Waals surface area contributed by atoms with Crippen molar-refractivity contribution >= 4 is 17.7 Å². The van der Waals surface area contributed by atoms with Gasteiger partial charge >= 0.3 is 0 Å². The largest absolute Gasteiger partial charge is 0.348 e. The molecule has 3 amide bonds. The Bertz CT molecular complexity index is 1140. The Labute approximate surface area is 173 Å². The predicted molar refractivity (Wildman–Crippen MR) is 109 cm³/mol. The summed E-state index contributed by atoms with van der Waals surface area (Å²) in [6.45, 7) is 1.95. The van der Waals surface area contributed by atoms with Crippen molar-refractivity contribution in [2.45, 2.75) is 20.0 Å². The summed E-state index contributed by atoms with van der Waals surface area (Å²) in [5.41, 5.74) is 3.05. The maximum absolute atomic E-state index is 13.7. The Hall–Kier alpha value is -3.80. The Balaban J connectivity index is 1.45. The van der Waals surface area contributed by atoms with Crippen LogP contribution in [0, 0.1) is 12.7 Å². The maximum Gasteiger partial charge on any atom is 0.261 e. The number of benzene rings is 3. The standard InChI is InChI=1S/C24H19FN2O3/c1-15-9-10-16(12-21(15)25)13-26-22(28)18-6-4-5-17(11-18)14-27-23(29)19-7-2-3-8-20(19)24(27)30/h2-12H,13-14H2,1H3,(H,26,28). The van der Waals surface area contributed by atoms with E-state index >= 15 is 0 Å². The normalized spacial score (nSPS) is 12.8. The molecule has 0 radical (unpaired) electrons. The maximum atomic E-state index is 13.7. The fourth-order valence-corrected chi connectivity index (χ4v) is 3.41. The number of carbonyl (C=O) groups excluding carboxylic acids is 3. The molecule has 0 aliphatic carbocycles. The van der Waals surface area contributed by atoms with E-state index in [4.69, 9.17) is 0 Å². The first-order chi connectivity index (χ1) is 14.4. The predicted octanol–water partition coefficient (Wildman–Crippen LogP) is 3.86. The van der Waals surface area contributed by atoms with Crippen LogP contribution in [-0.2, 0) is 13.1 Å². The highest BCUT2D eigenvalue weighted by atomic mass is 19.1. The fourth-order valence-electron chi connectivity index (χ4n) is 3.41. The molecule has 4 rings (SSSR count). The van der Waals surface area contributed by atoms with E-state index in [0.717, 1.165) is 0 Å². The van der Waals surface area contributed by atoms with E-state index in [1.165, 1.54) is 11.0 Å². The second-order valence-corrected chi connectivity index (χ2v) is 7.21. The molecule has 30 heavy (non-hydrogen) atoms. The summed E-state index contributed by atoms with van der Waals surface area (Å²) in [7, 11) is 0. The van der Waals surface area contributed by atoms with Gasteiger partial charge in [0.15, 0.2) is 0 Å². The number of rotatable bonds is 5. The zero-order valence-corrected chi connectivity index (χ0v) is 16.3. The molecule has 6 heteroatoms. The van der Waals surface area contributed by atoms with Gasteiger partial charge < -0.3 is 5.32 Å². The Kier molecular flexibility index (Phi) is 5.14. The highest BCUT2D eigenvalue weighted by Crippen LogP contribution is 2.24. The number of carbonyl (C=O) groups is 3. The van der Waals surface area contributed by atoms with Gasteiger partial charge in [-0.2, -0.15) is 0 Å². The minimum absolute atomic E-state index is 0.0800. The third-order valence-electron chi connectivity index (χ3n) is 5.10. The molecule has 0 aromatic heterocycles. The number of fused-ring (bicyclic) bond motifs is 1. The van der Waals surface area contributed by atoms with Crippen molar-refractivity contribution in [3.05, 3.63) is 106 Å². The van der Waals surface area contributed by atoms with Crippen LogP contribution in [0.25, 0.3) is 0 Å². The van der Waals surface area contributed by atoms with Crippen LogP contribution in [0.3, 0.4) is 0 Å². The van der Waals surface area contributed by atoms with E-state index in [2.05, 4.69) is 5.32 Å². The molecule has 0 fully saturated rings. The molecular formula is C24H19FN2O3. The Morgan fingerprint density at radius 2 is 1.60 bits per heavy atom. The van der Waals surface area contributed by atoms with E-state index < -0.39 is 0 Å². The first-order valence-electron chi connectivity index (χ1n) is 9.51. The van der Waals surface area contributed by atoms with E-state index in [-0.39, 0.29) is 36.6 Å². The van der Waals surface area contributed by atoms with Crippen molar-refractivity contribution in [2.24, 2.45) is 0 Å². The molecule has 0 atom stereocenters. The number of halogens is 1. The number of amides is 3. The number of hydrogen-bond acceptors (Lipinski definition) is 3. The zero-order chi connectivity index (χ0) is 21.3. The van der Waals surface area contributed by atoms with Crippen LogP contribution in [0.1, 0.15) is 47.8 Å². The van der Waals surface area contributed by atoms with Crippen LogP contribution in [0.15, 0.2) is 66.7 Å². The molecule has 1 aliphatic heterocycles. The lowest BCUT2D eigenvalue weighted by atomic mass is 10.1. The summed E-state index contributed by atoms with van der Waals surface area (Å²) in [5, 5.41) is 2.76. The van der Waals surface area contributed by atoms with Crippen LogP contribution in [0.4, 0.5) is 4.39 Å². The fraction of sp³-hybridized carbons (Fsp3) is 0.125. The van der Waals surface area contributed by atoms with Crippen molar-refractivity contribution in [2.75, 3.05) is 0 Å². The smallest absolute Gasteiger partial charge is 0.261 e. The van der Waals surface area contributed by atoms with Gasteiger partial charge in [0.2, 0.25) is 0 Å². The average Bonchev–Trinajstić information content (AvgIpc) is 3.00. The summed E-state index contributed by atoms with van der Waals surface area (Å²) in [5.74, 6) is -1.32. The Morgan fingerprint density at radius 1 is 0.900 bits per heavy atom. The molecule has 3 aromatic rings. The topological polar surface area (TPSA) is 66.5 Å². The van der Waals surface area contributed by atoms with Gasteiger partial charge in [0, 0.05) is 12.1 Å². The summed E-state index contributed by atoms with van der Waals surface area (Å²) in [6.07, 6.45) is 0. The van der Waals surface area contributed by atoms with Crippen molar-refractivity contribution < 1.29 is 18.8 Å². The first-order valence-corrected chi connectivity index (χ1v) is 9.51. The second kappa shape index (κ2) is 7.91. The minimum Gasteiger partial charge on any atom is -0.348 e. The molecule has 0 saturated carbocycles. The van der Waals surface area contributed by atoms with E-state index in [1.807, 2.05) is 0 Å². The molecule has 150 valence electrons. The molecule has 0 spiro atoms. The van der Waals surface area contributed by atoms with Crippen LogP contribution >= 0.6 is 0 Å². The molecular weight excluding hydrogens is 383 g/mol. The molecule has 0 saturated heterocycles. The zero-order valence-electron chi connectivity index (χ0n) is 16.3. The van der Waals surface area contributed by atoms with Gasteiger partial charge in [0.05, 0.1) is 17.7 Å². The highest BCUT2D eigenvalue weighted by molar-refractivity contribution is 6.21. The summed E-state index contributed by atoms with van der Waals surface area (Å²) >= 11 is 0. The van der Waals surface area contributed by atoms with Crippen molar-refractivity contribution in [1.29, 1.82) is 0 Å². The van der Waals surface area contributed by atoms with Crippen LogP contribution in [0.2, 0.25) is 0 Å². The molecule has 3 aromatic carbocycles.